The average Bonchev–Trinajstić information content (AvgIpc) is 2.16. The smallest absolute Gasteiger partial charge is 0.323 e. The predicted octanol–water partition coefficient (Wildman–Crippen LogP) is 3.49. The van der Waals surface area contributed by atoms with Crippen LogP contribution in [0.1, 0.15) is 23.6 Å². The van der Waals surface area contributed by atoms with Crippen LogP contribution < -0.4 is 5.73 Å². The molecule has 86 valence electrons. The highest BCUT2D eigenvalue weighted by atomic mass is 79.9. The second-order valence-electron chi connectivity index (χ2n) is 3.25. The van der Waals surface area contributed by atoms with Crippen molar-refractivity contribution < 1.29 is 13.2 Å². The van der Waals surface area contributed by atoms with E-state index in [2.05, 4.69) is 21.9 Å². The van der Waals surface area contributed by atoms with E-state index in [0.29, 0.717) is 10.0 Å². The van der Waals surface area contributed by atoms with E-state index in [9.17, 15) is 13.2 Å². The molecule has 0 fully saturated rings. The van der Waals surface area contributed by atoms with E-state index >= 15 is 0 Å². The van der Waals surface area contributed by atoms with Crippen LogP contribution in [0.4, 0.5) is 13.2 Å². The van der Waals surface area contributed by atoms with E-state index in [0.717, 1.165) is 12.1 Å². The van der Waals surface area contributed by atoms with Gasteiger partial charge in [-0.1, -0.05) is 15.9 Å². The van der Waals surface area contributed by atoms with Crippen LogP contribution in [0.15, 0.2) is 22.7 Å². The van der Waals surface area contributed by atoms with Crippen LogP contribution in [-0.2, 0) is 6.18 Å². The number of nitrogens with two attached hydrogens (primary N) is 1. The van der Waals surface area contributed by atoms with Gasteiger partial charge in [0.25, 0.3) is 0 Å². The number of hydrogen-bond donors (Lipinski definition) is 1. The van der Waals surface area contributed by atoms with Crippen LogP contribution in [0, 0.1) is 12.3 Å². The van der Waals surface area contributed by atoms with E-state index in [4.69, 9.17) is 12.2 Å². The minimum Gasteiger partial charge on any atom is -0.323 e. The summed E-state index contributed by atoms with van der Waals surface area (Å²) in [6.45, 7) is 0. The molecular weight excluding hydrogens is 283 g/mol. The zero-order valence-corrected chi connectivity index (χ0v) is 9.77. The van der Waals surface area contributed by atoms with E-state index < -0.39 is 17.8 Å². The Morgan fingerprint density at radius 1 is 1.44 bits per heavy atom. The summed E-state index contributed by atoms with van der Waals surface area (Å²) in [4.78, 5) is 0. The molecule has 16 heavy (non-hydrogen) atoms. The van der Waals surface area contributed by atoms with E-state index in [1.54, 1.807) is 0 Å². The molecule has 0 aliphatic carbocycles. The van der Waals surface area contributed by atoms with Crippen molar-refractivity contribution in [3.05, 3.63) is 33.8 Å². The van der Waals surface area contributed by atoms with E-state index in [1.165, 1.54) is 6.07 Å². The van der Waals surface area contributed by atoms with Crippen molar-refractivity contribution >= 4 is 15.9 Å². The quantitative estimate of drug-likeness (QED) is 0.830. The number of terminal acetylenes is 1. The van der Waals surface area contributed by atoms with Crippen LogP contribution in [0.25, 0.3) is 0 Å². The maximum Gasteiger partial charge on any atom is 0.416 e. The molecule has 0 saturated heterocycles. The highest BCUT2D eigenvalue weighted by molar-refractivity contribution is 9.10. The van der Waals surface area contributed by atoms with Gasteiger partial charge in [0.05, 0.1) is 5.56 Å². The number of hydrogen-bond acceptors (Lipinski definition) is 1. The fraction of sp³-hybridized carbons (Fsp3) is 0.273. The fourth-order valence-electron chi connectivity index (χ4n) is 1.24. The lowest BCUT2D eigenvalue weighted by Gasteiger charge is -2.14. The lowest BCUT2D eigenvalue weighted by molar-refractivity contribution is -0.137. The summed E-state index contributed by atoms with van der Waals surface area (Å²) in [5.41, 5.74) is 5.32. The van der Waals surface area contributed by atoms with Gasteiger partial charge < -0.3 is 5.73 Å². The molecule has 5 heteroatoms. The van der Waals surface area contributed by atoms with Crippen molar-refractivity contribution in [1.82, 2.24) is 0 Å². The van der Waals surface area contributed by atoms with Crippen molar-refractivity contribution in [3.63, 3.8) is 0 Å². The van der Waals surface area contributed by atoms with Gasteiger partial charge in [-0.3, -0.25) is 0 Å². The lowest BCUT2D eigenvalue weighted by atomic mass is 10.0. The van der Waals surface area contributed by atoms with Gasteiger partial charge in [-0.25, -0.2) is 0 Å². The first kappa shape index (κ1) is 13.1. The summed E-state index contributed by atoms with van der Waals surface area (Å²) in [5, 5.41) is 0. The molecule has 2 N–H and O–H groups in total. The Morgan fingerprint density at radius 3 is 2.56 bits per heavy atom. The first-order valence-electron chi connectivity index (χ1n) is 4.42. The minimum absolute atomic E-state index is 0.194. The Labute approximate surface area is 100.0 Å². The monoisotopic (exact) mass is 291 g/mol. The summed E-state index contributed by atoms with van der Waals surface area (Å²) in [6, 6.07) is 2.75. The first-order valence-corrected chi connectivity index (χ1v) is 5.21. The molecule has 0 bridgehead atoms. The normalized spacial score (nSPS) is 13.2. The number of rotatable bonds is 2. The predicted molar refractivity (Wildman–Crippen MR) is 59.5 cm³/mol. The summed E-state index contributed by atoms with van der Waals surface area (Å²) >= 11 is 3.15. The van der Waals surface area contributed by atoms with Crippen LogP contribution in [0.2, 0.25) is 0 Å². The Hall–Kier alpha value is -0.990. The van der Waals surface area contributed by atoms with Crippen molar-refractivity contribution in [2.75, 3.05) is 0 Å². The van der Waals surface area contributed by atoms with Crippen molar-refractivity contribution in [3.8, 4) is 12.3 Å². The third-order valence-electron chi connectivity index (χ3n) is 2.06. The molecule has 1 aromatic rings. The topological polar surface area (TPSA) is 26.0 Å². The third-order valence-corrected chi connectivity index (χ3v) is 2.78. The molecule has 1 atom stereocenters. The van der Waals surface area contributed by atoms with Gasteiger partial charge in [0.1, 0.15) is 0 Å². The number of benzene rings is 1. The van der Waals surface area contributed by atoms with Gasteiger partial charge in [-0.05, 0) is 23.8 Å². The molecule has 1 aromatic carbocycles. The fourth-order valence-corrected chi connectivity index (χ4v) is 1.78. The Bertz CT molecular complexity index is 420. The number of alkyl halides is 3. The van der Waals surface area contributed by atoms with Gasteiger partial charge in [-0.2, -0.15) is 13.2 Å². The molecule has 0 aliphatic heterocycles. The average molecular weight is 292 g/mol. The SMILES string of the molecule is C#CCC(N)c1cc(C(F)(F)F)ccc1Br. The van der Waals surface area contributed by atoms with Crippen LogP contribution >= 0.6 is 15.9 Å². The summed E-state index contributed by atoms with van der Waals surface area (Å²) in [5.74, 6) is 2.32. The Morgan fingerprint density at radius 2 is 2.06 bits per heavy atom. The molecule has 0 heterocycles. The Kier molecular flexibility index (Phi) is 4.00. The summed E-state index contributed by atoms with van der Waals surface area (Å²) in [7, 11) is 0. The standard InChI is InChI=1S/C11H9BrF3N/c1-2-3-10(16)8-6-7(11(13,14)15)4-5-9(8)12/h1,4-6,10H,3,16H2. The van der Waals surface area contributed by atoms with Crippen molar-refractivity contribution in [1.29, 1.82) is 0 Å². The van der Waals surface area contributed by atoms with Gasteiger partial charge >= 0.3 is 6.18 Å². The molecule has 1 rings (SSSR count). The second kappa shape index (κ2) is 4.89. The van der Waals surface area contributed by atoms with Gasteiger partial charge in [0.2, 0.25) is 0 Å². The van der Waals surface area contributed by atoms with Crippen molar-refractivity contribution in [2.24, 2.45) is 5.73 Å². The zero-order chi connectivity index (χ0) is 12.3. The summed E-state index contributed by atoms with van der Waals surface area (Å²) in [6.07, 6.45) is 0.898. The third kappa shape index (κ3) is 3.00. The summed E-state index contributed by atoms with van der Waals surface area (Å²) < 4.78 is 37.9. The molecule has 0 saturated carbocycles. The van der Waals surface area contributed by atoms with Gasteiger partial charge in [0.15, 0.2) is 0 Å². The maximum atomic E-state index is 12.5. The maximum absolute atomic E-state index is 12.5. The molecule has 1 nitrogen and oxygen atoms in total. The molecule has 0 amide bonds. The molecule has 0 radical (unpaired) electrons. The zero-order valence-electron chi connectivity index (χ0n) is 8.18. The van der Waals surface area contributed by atoms with E-state index in [-0.39, 0.29) is 6.42 Å². The largest absolute Gasteiger partial charge is 0.416 e. The van der Waals surface area contributed by atoms with Crippen LogP contribution in [-0.4, -0.2) is 0 Å². The highest BCUT2D eigenvalue weighted by Gasteiger charge is 2.31. The van der Waals surface area contributed by atoms with Gasteiger partial charge in [-0.15, -0.1) is 12.3 Å². The van der Waals surface area contributed by atoms with Gasteiger partial charge in [0, 0.05) is 16.9 Å². The first-order chi connectivity index (χ1) is 7.36. The minimum atomic E-state index is -4.37. The van der Waals surface area contributed by atoms with E-state index in [1.807, 2.05) is 0 Å². The molecule has 0 spiro atoms. The molecule has 1 unspecified atom stereocenters. The molecule has 0 aromatic heterocycles. The van der Waals surface area contributed by atoms with Crippen molar-refractivity contribution in [2.45, 2.75) is 18.6 Å². The number of halogens is 4. The van der Waals surface area contributed by atoms with Crippen LogP contribution in [0.3, 0.4) is 0 Å². The lowest BCUT2D eigenvalue weighted by Crippen LogP contribution is -2.12. The Balaban J connectivity index is 3.15. The second-order valence-corrected chi connectivity index (χ2v) is 4.10. The highest BCUT2D eigenvalue weighted by Crippen LogP contribution is 2.33. The molecule has 0 aliphatic rings. The molecular formula is C11H9BrF3N. The van der Waals surface area contributed by atoms with Crippen LogP contribution in [0.5, 0.6) is 0 Å².